The highest BCUT2D eigenvalue weighted by atomic mass is 35.5. The molecule has 0 aromatic carbocycles. The number of anilines is 1. The summed E-state index contributed by atoms with van der Waals surface area (Å²) in [5, 5.41) is 0.723. The van der Waals surface area contributed by atoms with Crippen molar-refractivity contribution in [3.8, 4) is 0 Å². The molecule has 0 radical (unpaired) electrons. The van der Waals surface area contributed by atoms with E-state index < -0.39 is 0 Å². The molecule has 0 bridgehead atoms. The molecule has 2 rings (SSSR count). The molecule has 1 fully saturated rings. The second-order valence-corrected chi connectivity index (χ2v) is 5.55. The fraction of sp³-hybridized carbons (Fsp3) is 0.643. The third kappa shape index (κ3) is 3.59. The number of nitrogen functional groups attached to an aromatic ring is 1. The Morgan fingerprint density at radius 1 is 1.39 bits per heavy atom. The summed E-state index contributed by atoms with van der Waals surface area (Å²) >= 11 is 6.17. The predicted octanol–water partition coefficient (Wildman–Crippen LogP) is 3.33. The molecule has 100 valence electrons. The maximum absolute atomic E-state index is 6.17. The number of rotatable bonds is 3. The number of aromatic nitrogens is 1. The Labute approximate surface area is 114 Å². The van der Waals surface area contributed by atoms with Crippen LogP contribution in [0.1, 0.15) is 38.3 Å². The van der Waals surface area contributed by atoms with Crippen LogP contribution in [0, 0.1) is 5.92 Å². The van der Waals surface area contributed by atoms with Gasteiger partial charge < -0.3 is 5.73 Å². The summed E-state index contributed by atoms with van der Waals surface area (Å²) in [7, 11) is 0. The Balaban J connectivity index is 1.98. The summed E-state index contributed by atoms with van der Waals surface area (Å²) < 4.78 is 0. The van der Waals surface area contributed by atoms with Crippen molar-refractivity contribution in [1.82, 2.24) is 9.88 Å². The molecule has 0 amide bonds. The highest BCUT2D eigenvalue weighted by Crippen LogP contribution is 2.23. The van der Waals surface area contributed by atoms with Gasteiger partial charge in [0, 0.05) is 6.54 Å². The van der Waals surface area contributed by atoms with Crippen molar-refractivity contribution in [3.63, 3.8) is 0 Å². The van der Waals surface area contributed by atoms with E-state index in [1.807, 2.05) is 6.07 Å². The third-order valence-electron chi connectivity index (χ3n) is 3.83. The van der Waals surface area contributed by atoms with Crippen molar-refractivity contribution in [2.45, 2.75) is 39.2 Å². The van der Waals surface area contributed by atoms with E-state index in [4.69, 9.17) is 17.3 Å². The van der Waals surface area contributed by atoms with Crippen molar-refractivity contribution < 1.29 is 0 Å². The maximum Gasteiger partial charge on any atom is 0.123 e. The van der Waals surface area contributed by atoms with E-state index in [1.54, 1.807) is 6.07 Å². The van der Waals surface area contributed by atoms with Crippen molar-refractivity contribution in [2.24, 2.45) is 5.92 Å². The van der Waals surface area contributed by atoms with Crippen LogP contribution in [0.5, 0.6) is 0 Å². The summed E-state index contributed by atoms with van der Waals surface area (Å²) in [5.74, 6) is 1.44. The normalized spacial score (nSPS) is 21.8. The first-order chi connectivity index (χ1) is 8.69. The molecule has 1 unspecified atom stereocenters. The van der Waals surface area contributed by atoms with E-state index in [0.717, 1.165) is 36.3 Å². The van der Waals surface area contributed by atoms with Gasteiger partial charge in [-0.1, -0.05) is 24.9 Å². The lowest BCUT2D eigenvalue weighted by Crippen LogP contribution is -2.25. The predicted molar refractivity (Wildman–Crippen MR) is 76.6 cm³/mol. The quantitative estimate of drug-likeness (QED) is 0.913. The second-order valence-electron chi connectivity index (χ2n) is 5.15. The van der Waals surface area contributed by atoms with Crippen LogP contribution in [0.2, 0.25) is 5.02 Å². The van der Waals surface area contributed by atoms with Crippen molar-refractivity contribution in [3.05, 3.63) is 22.8 Å². The Kier molecular flexibility index (Phi) is 4.84. The fourth-order valence-corrected chi connectivity index (χ4v) is 2.78. The van der Waals surface area contributed by atoms with Crippen molar-refractivity contribution in [2.75, 3.05) is 18.8 Å². The van der Waals surface area contributed by atoms with Crippen LogP contribution in [0.25, 0.3) is 0 Å². The number of nitrogens with two attached hydrogens (primary N) is 1. The second kappa shape index (κ2) is 6.39. The highest BCUT2D eigenvalue weighted by molar-refractivity contribution is 6.31. The molecule has 0 saturated carbocycles. The Bertz CT molecular complexity index is 395. The van der Waals surface area contributed by atoms with Gasteiger partial charge in [-0.05, 0) is 50.4 Å². The topological polar surface area (TPSA) is 42.2 Å². The standard InChI is InChI=1S/C14H22ClN3/c1-2-11-4-3-8-18(9-7-11)10-13-12(15)5-6-14(16)17-13/h5-6,11H,2-4,7-10H2,1H3,(H2,16,17). The summed E-state index contributed by atoms with van der Waals surface area (Å²) in [6.07, 6.45) is 5.21. The van der Waals surface area contributed by atoms with Crippen LogP contribution >= 0.6 is 11.6 Å². The van der Waals surface area contributed by atoms with Crippen LogP contribution in [-0.2, 0) is 6.54 Å². The van der Waals surface area contributed by atoms with Gasteiger partial charge in [-0.3, -0.25) is 4.90 Å². The summed E-state index contributed by atoms with van der Waals surface area (Å²) in [4.78, 5) is 6.79. The smallest absolute Gasteiger partial charge is 0.123 e. The lowest BCUT2D eigenvalue weighted by atomic mass is 9.98. The van der Waals surface area contributed by atoms with Crippen LogP contribution < -0.4 is 5.73 Å². The van der Waals surface area contributed by atoms with Gasteiger partial charge in [-0.2, -0.15) is 0 Å². The van der Waals surface area contributed by atoms with Crippen LogP contribution in [0.15, 0.2) is 12.1 Å². The van der Waals surface area contributed by atoms with Gasteiger partial charge in [-0.15, -0.1) is 0 Å². The first-order valence-electron chi connectivity index (χ1n) is 6.82. The lowest BCUT2D eigenvalue weighted by Gasteiger charge is -2.20. The average Bonchev–Trinajstić information content (AvgIpc) is 2.59. The molecule has 0 spiro atoms. The van der Waals surface area contributed by atoms with E-state index in [9.17, 15) is 0 Å². The molecule has 1 aromatic heterocycles. The van der Waals surface area contributed by atoms with Crippen LogP contribution in [0.3, 0.4) is 0 Å². The van der Waals surface area contributed by atoms with E-state index in [0.29, 0.717) is 5.82 Å². The molecule has 1 aliphatic heterocycles. The molecule has 1 aliphatic rings. The highest BCUT2D eigenvalue weighted by Gasteiger charge is 2.17. The van der Waals surface area contributed by atoms with Gasteiger partial charge >= 0.3 is 0 Å². The molecule has 2 N–H and O–H groups in total. The molecule has 18 heavy (non-hydrogen) atoms. The number of likely N-dealkylation sites (tertiary alicyclic amines) is 1. The SMILES string of the molecule is CCC1CCCN(Cc2nc(N)ccc2Cl)CC1. The molecule has 1 atom stereocenters. The maximum atomic E-state index is 6.17. The summed E-state index contributed by atoms with van der Waals surface area (Å²) in [6, 6.07) is 3.59. The average molecular weight is 268 g/mol. The summed E-state index contributed by atoms with van der Waals surface area (Å²) in [6.45, 7) is 5.39. The van der Waals surface area contributed by atoms with E-state index in [1.165, 1.54) is 25.7 Å². The molecule has 2 heterocycles. The fourth-order valence-electron chi connectivity index (χ4n) is 2.62. The van der Waals surface area contributed by atoms with Gasteiger partial charge in [0.2, 0.25) is 0 Å². The Hall–Kier alpha value is -0.800. The monoisotopic (exact) mass is 267 g/mol. The minimum absolute atomic E-state index is 0.552. The largest absolute Gasteiger partial charge is 0.384 e. The number of halogens is 1. The zero-order chi connectivity index (χ0) is 13.0. The van der Waals surface area contributed by atoms with Gasteiger partial charge in [0.15, 0.2) is 0 Å². The first-order valence-corrected chi connectivity index (χ1v) is 7.20. The van der Waals surface area contributed by atoms with E-state index in [-0.39, 0.29) is 0 Å². The van der Waals surface area contributed by atoms with Crippen molar-refractivity contribution in [1.29, 1.82) is 0 Å². The van der Waals surface area contributed by atoms with Crippen LogP contribution in [0.4, 0.5) is 5.82 Å². The molecule has 3 nitrogen and oxygen atoms in total. The minimum Gasteiger partial charge on any atom is -0.384 e. The Morgan fingerprint density at radius 3 is 3.00 bits per heavy atom. The van der Waals surface area contributed by atoms with E-state index >= 15 is 0 Å². The number of hydrogen-bond acceptors (Lipinski definition) is 3. The van der Waals surface area contributed by atoms with E-state index in [2.05, 4.69) is 16.8 Å². The molecule has 1 saturated heterocycles. The summed E-state index contributed by atoms with van der Waals surface area (Å²) in [5.41, 5.74) is 6.63. The zero-order valence-electron chi connectivity index (χ0n) is 11.0. The molecule has 4 heteroatoms. The molecular weight excluding hydrogens is 246 g/mol. The Morgan fingerprint density at radius 2 is 2.22 bits per heavy atom. The van der Waals surface area contributed by atoms with Crippen LogP contribution in [-0.4, -0.2) is 23.0 Å². The van der Waals surface area contributed by atoms with Crippen molar-refractivity contribution >= 4 is 17.4 Å². The zero-order valence-corrected chi connectivity index (χ0v) is 11.8. The van der Waals surface area contributed by atoms with Gasteiger partial charge in [-0.25, -0.2) is 4.98 Å². The number of hydrogen-bond donors (Lipinski definition) is 1. The molecular formula is C14H22ClN3. The van der Waals surface area contributed by atoms with Gasteiger partial charge in [0.25, 0.3) is 0 Å². The van der Waals surface area contributed by atoms with Gasteiger partial charge in [0.05, 0.1) is 10.7 Å². The first kappa shape index (κ1) is 13.6. The molecule has 1 aromatic rings. The number of nitrogens with zero attached hydrogens (tertiary/aromatic N) is 2. The lowest BCUT2D eigenvalue weighted by molar-refractivity contribution is 0.269. The minimum atomic E-state index is 0.552. The third-order valence-corrected chi connectivity index (χ3v) is 4.18. The van der Waals surface area contributed by atoms with Gasteiger partial charge in [0.1, 0.15) is 5.82 Å². The molecule has 0 aliphatic carbocycles. The number of pyridine rings is 1.